The maximum atomic E-state index is 13.1. The van der Waals surface area contributed by atoms with E-state index >= 15 is 0 Å². The highest BCUT2D eigenvalue weighted by Crippen LogP contribution is 2.39. The van der Waals surface area contributed by atoms with E-state index in [-0.39, 0.29) is 5.75 Å². The topological polar surface area (TPSA) is 55.8 Å². The standard InChI is InChI=1S/C17H11F3O4/c18-17(19,20)15-14(24-16(21)22)9-12-7-6-11(8-13(12)23-15)10-4-2-1-3-5-10/h1-9,15H,(H,21,22). The Balaban J connectivity index is 2.03. The average molecular weight is 336 g/mol. The molecule has 3 rings (SSSR count). The van der Waals surface area contributed by atoms with Gasteiger partial charge in [0.25, 0.3) is 6.10 Å². The van der Waals surface area contributed by atoms with Crippen molar-refractivity contribution in [1.29, 1.82) is 0 Å². The molecule has 0 aliphatic carbocycles. The van der Waals surface area contributed by atoms with Crippen molar-refractivity contribution in [1.82, 2.24) is 0 Å². The van der Waals surface area contributed by atoms with Gasteiger partial charge in [-0.15, -0.1) is 0 Å². The summed E-state index contributed by atoms with van der Waals surface area (Å²) >= 11 is 0. The van der Waals surface area contributed by atoms with Gasteiger partial charge in [-0.1, -0.05) is 42.5 Å². The number of carbonyl (C=O) groups is 1. The van der Waals surface area contributed by atoms with E-state index in [1.807, 2.05) is 30.3 Å². The summed E-state index contributed by atoms with van der Waals surface area (Å²) in [5.41, 5.74) is 1.82. The number of benzene rings is 2. The summed E-state index contributed by atoms with van der Waals surface area (Å²) in [6, 6.07) is 13.8. The van der Waals surface area contributed by atoms with Gasteiger partial charge in [0, 0.05) is 5.56 Å². The lowest BCUT2D eigenvalue weighted by molar-refractivity contribution is -0.191. The van der Waals surface area contributed by atoms with Crippen molar-refractivity contribution in [2.24, 2.45) is 0 Å². The van der Waals surface area contributed by atoms with Crippen molar-refractivity contribution in [2.45, 2.75) is 12.3 Å². The van der Waals surface area contributed by atoms with E-state index in [9.17, 15) is 18.0 Å². The number of halogens is 3. The number of hydrogen-bond donors (Lipinski definition) is 1. The lowest BCUT2D eigenvalue weighted by Gasteiger charge is -2.27. The van der Waals surface area contributed by atoms with Gasteiger partial charge in [-0.25, -0.2) is 4.79 Å². The van der Waals surface area contributed by atoms with Crippen LogP contribution >= 0.6 is 0 Å². The summed E-state index contributed by atoms with van der Waals surface area (Å²) in [4.78, 5) is 10.6. The van der Waals surface area contributed by atoms with E-state index in [2.05, 4.69) is 4.74 Å². The van der Waals surface area contributed by atoms with Gasteiger partial charge < -0.3 is 14.6 Å². The smallest absolute Gasteiger partial charge is 0.472 e. The Labute approximate surface area is 134 Å². The lowest BCUT2D eigenvalue weighted by Crippen LogP contribution is -2.39. The molecule has 1 heterocycles. The number of ether oxygens (including phenoxy) is 2. The Morgan fingerprint density at radius 3 is 2.42 bits per heavy atom. The number of alkyl halides is 3. The van der Waals surface area contributed by atoms with Crippen molar-refractivity contribution in [3.63, 3.8) is 0 Å². The third-order valence-electron chi connectivity index (χ3n) is 3.42. The third kappa shape index (κ3) is 3.19. The molecule has 0 radical (unpaired) electrons. The molecule has 1 atom stereocenters. The van der Waals surface area contributed by atoms with Crippen LogP contribution in [0, 0.1) is 0 Å². The normalized spacial score (nSPS) is 16.6. The number of hydrogen-bond acceptors (Lipinski definition) is 3. The minimum atomic E-state index is -4.80. The second kappa shape index (κ2) is 5.92. The Morgan fingerprint density at radius 2 is 1.79 bits per heavy atom. The maximum absolute atomic E-state index is 13.1. The minimum absolute atomic E-state index is 0.0106. The number of carboxylic acid groups (broad SMARTS) is 1. The molecule has 1 N–H and O–H groups in total. The van der Waals surface area contributed by atoms with Crippen LogP contribution < -0.4 is 4.74 Å². The van der Waals surface area contributed by atoms with Gasteiger partial charge in [-0.05, 0) is 23.3 Å². The molecule has 0 spiro atoms. The molecule has 0 fully saturated rings. The SMILES string of the molecule is O=C(O)OC1=Cc2ccc(-c3ccccc3)cc2OC1C(F)(F)F. The first-order valence-electron chi connectivity index (χ1n) is 6.90. The molecule has 2 aromatic carbocycles. The summed E-state index contributed by atoms with van der Waals surface area (Å²) < 4.78 is 48.6. The monoisotopic (exact) mass is 336 g/mol. The van der Waals surface area contributed by atoms with E-state index in [0.29, 0.717) is 11.1 Å². The molecule has 0 saturated carbocycles. The van der Waals surface area contributed by atoms with Gasteiger partial charge >= 0.3 is 12.3 Å². The summed E-state index contributed by atoms with van der Waals surface area (Å²) in [5, 5.41) is 8.60. The van der Waals surface area contributed by atoms with Gasteiger partial charge in [0.1, 0.15) is 5.75 Å². The van der Waals surface area contributed by atoms with Crippen molar-refractivity contribution >= 4 is 12.2 Å². The Morgan fingerprint density at radius 1 is 1.08 bits per heavy atom. The van der Waals surface area contributed by atoms with E-state index in [0.717, 1.165) is 11.6 Å². The van der Waals surface area contributed by atoms with Gasteiger partial charge in [0.05, 0.1) is 0 Å². The Kier molecular flexibility index (Phi) is 3.92. The zero-order chi connectivity index (χ0) is 17.3. The van der Waals surface area contributed by atoms with E-state index in [1.165, 1.54) is 6.07 Å². The molecule has 0 amide bonds. The first-order chi connectivity index (χ1) is 11.3. The van der Waals surface area contributed by atoms with E-state index < -0.39 is 24.2 Å². The summed E-state index contributed by atoms with van der Waals surface area (Å²) in [6.07, 6.45) is -8.07. The summed E-state index contributed by atoms with van der Waals surface area (Å²) in [5.74, 6) is -0.800. The van der Waals surface area contributed by atoms with Crippen molar-refractivity contribution in [2.75, 3.05) is 0 Å². The largest absolute Gasteiger partial charge is 0.511 e. The molecule has 1 aliphatic rings. The minimum Gasteiger partial charge on any atom is -0.472 e. The molecular formula is C17H11F3O4. The van der Waals surface area contributed by atoms with Crippen LogP contribution in [0.4, 0.5) is 18.0 Å². The third-order valence-corrected chi connectivity index (χ3v) is 3.42. The molecule has 1 aliphatic heterocycles. The zero-order valence-electron chi connectivity index (χ0n) is 12.1. The molecule has 4 nitrogen and oxygen atoms in total. The molecule has 2 aromatic rings. The van der Waals surface area contributed by atoms with E-state index in [1.54, 1.807) is 12.1 Å². The van der Waals surface area contributed by atoms with Crippen molar-refractivity contribution < 1.29 is 32.5 Å². The predicted octanol–water partition coefficient (Wildman–Crippen LogP) is 4.71. The van der Waals surface area contributed by atoms with Crippen LogP contribution in [0.5, 0.6) is 5.75 Å². The molecule has 0 aromatic heterocycles. The molecular weight excluding hydrogens is 325 g/mol. The number of rotatable bonds is 2. The summed E-state index contributed by atoms with van der Waals surface area (Å²) in [6.45, 7) is 0. The number of fused-ring (bicyclic) bond motifs is 1. The Bertz CT molecular complexity index is 797. The highest BCUT2D eigenvalue weighted by molar-refractivity contribution is 5.72. The molecule has 0 saturated heterocycles. The second-order valence-corrected chi connectivity index (χ2v) is 5.07. The highest BCUT2D eigenvalue weighted by Gasteiger charge is 2.48. The molecule has 124 valence electrons. The lowest BCUT2D eigenvalue weighted by atomic mass is 10.0. The van der Waals surface area contributed by atoms with Crippen LogP contribution in [0.25, 0.3) is 17.2 Å². The van der Waals surface area contributed by atoms with E-state index in [4.69, 9.17) is 9.84 Å². The quantitative estimate of drug-likeness (QED) is 0.807. The van der Waals surface area contributed by atoms with Crippen LogP contribution in [-0.4, -0.2) is 23.5 Å². The van der Waals surface area contributed by atoms with Crippen LogP contribution in [0.1, 0.15) is 5.56 Å². The molecule has 0 bridgehead atoms. The van der Waals surface area contributed by atoms with Gasteiger partial charge in [0.15, 0.2) is 5.76 Å². The fourth-order valence-corrected chi connectivity index (χ4v) is 2.39. The molecule has 1 unspecified atom stereocenters. The summed E-state index contributed by atoms with van der Waals surface area (Å²) in [7, 11) is 0. The molecule has 7 heteroatoms. The fraction of sp³-hybridized carbons (Fsp3) is 0.118. The maximum Gasteiger partial charge on any atom is 0.511 e. The van der Waals surface area contributed by atoms with Gasteiger partial charge in [0.2, 0.25) is 0 Å². The van der Waals surface area contributed by atoms with Crippen LogP contribution in [0.2, 0.25) is 0 Å². The average Bonchev–Trinajstić information content (AvgIpc) is 2.53. The Hall–Kier alpha value is -2.96. The van der Waals surface area contributed by atoms with Crippen LogP contribution in [0.3, 0.4) is 0 Å². The van der Waals surface area contributed by atoms with Crippen LogP contribution in [0.15, 0.2) is 54.3 Å². The van der Waals surface area contributed by atoms with Crippen molar-refractivity contribution in [3.05, 3.63) is 59.9 Å². The first-order valence-corrected chi connectivity index (χ1v) is 6.90. The second-order valence-electron chi connectivity index (χ2n) is 5.07. The predicted molar refractivity (Wildman–Crippen MR) is 79.4 cm³/mol. The van der Waals surface area contributed by atoms with Gasteiger partial charge in [-0.2, -0.15) is 13.2 Å². The molecule has 24 heavy (non-hydrogen) atoms. The fourth-order valence-electron chi connectivity index (χ4n) is 2.39. The van der Waals surface area contributed by atoms with Gasteiger partial charge in [-0.3, -0.25) is 0 Å². The highest BCUT2D eigenvalue weighted by atomic mass is 19.4. The zero-order valence-corrected chi connectivity index (χ0v) is 12.1. The van der Waals surface area contributed by atoms with Crippen LogP contribution in [-0.2, 0) is 4.74 Å². The van der Waals surface area contributed by atoms with Crippen molar-refractivity contribution in [3.8, 4) is 16.9 Å². The first kappa shape index (κ1) is 15.9.